The number of hydrogen-bond donors (Lipinski definition) is 1. The van der Waals surface area contributed by atoms with Crippen LogP contribution < -0.4 is 5.32 Å². The Morgan fingerprint density at radius 2 is 2.00 bits per heavy atom. The van der Waals surface area contributed by atoms with Crippen molar-refractivity contribution in [2.24, 2.45) is 0 Å². The summed E-state index contributed by atoms with van der Waals surface area (Å²) in [7, 11) is -3.22. The van der Waals surface area contributed by atoms with E-state index in [1.165, 1.54) is 6.42 Å². The lowest BCUT2D eigenvalue weighted by atomic mass is 10.1. The van der Waals surface area contributed by atoms with Crippen molar-refractivity contribution in [1.29, 1.82) is 0 Å². The number of likely N-dealkylation sites (tertiary alicyclic amines) is 1. The summed E-state index contributed by atoms with van der Waals surface area (Å²) < 4.78 is 23.3. The van der Waals surface area contributed by atoms with Crippen molar-refractivity contribution < 1.29 is 13.2 Å². The molecule has 2 atom stereocenters. The zero-order valence-electron chi connectivity index (χ0n) is 10.9. The fourth-order valence-electron chi connectivity index (χ4n) is 2.83. The van der Waals surface area contributed by atoms with Gasteiger partial charge in [-0.15, -0.1) is 0 Å². The van der Waals surface area contributed by atoms with Crippen LogP contribution in [-0.4, -0.2) is 55.9 Å². The number of nitrogens with zero attached hydrogens (tertiary/aromatic N) is 1. The summed E-state index contributed by atoms with van der Waals surface area (Å²) in [5, 5.41) is 3.48. The molecule has 0 spiro atoms. The molecule has 2 saturated heterocycles. The number of hydrogen-bond acceptors (Lipinski definition) is 4. The van der Waals surface area contributed by atoms with Crippen molar-refractivity contribution in [2.45, 2.75) is 44.7 Å². The Kier molecular flexibility index (Phi) is 4.27. The third kappa shape index (κ3) is 3.45. The lowest BCUT2D eigenvalue weighted by Crippen LogP contribution is -2.41. The molecule has 2 fully saturated rings. The van der Waals surface area contributed by atoms with E-state index in [0.29, 0.717) is 31.6 Å². The Morgan fingerprint density at radius 3 is 2.72 bits per heavy atom. The van der Waals surface area contributed by atoms with Crippen LogP contribution in [0.1, 0.15) is 32.6 Å². The van der Waals surface area contributed by atoms with Crippen molar-refractivity contribution in [3.63, 3.8) is 0 Å². The number of fused-ring (bicyclic) bond motifs is 2. The fourth-order valence-corrected chi connectivity index (χ4v) is 4.16. The first-order valence-corrected chi connectivity index (χ1v) is 8.56. The molecule has 0 aromatic heterocycles. The van der Waals surface area contributed by atoms with Crippen LogP contribution in [-0.2, 0) is 14.6 Å². The number of rotatable bonds is 4. The van der Waals surface area contributed by atoms with E-state index in [1.54, 1.807) is 4.90 Å². The van der Waals surface area contributed by atoms with Crippen molar-refractivity contribution in [1.82, 2.24) is 10.2 Å². The van der Waals surface area contributed by atoms with E-state index < -0.39 is 9.84 Å². The molecule has 1 N–H and O–H groups in total. The molecular formula is C12H22N2O3S. The van der Waals surface area contributed by atoms with Gasteiger partial charge < -0.3 is 10.2 Å². The maximum absolute atomic E-state index is 12.0. The lowest BCUT2D eigenvalue weighted by Gasteiger charge is -2.24. The topological polar surface area (TPSA) is 66.5 Å². The standard InChI is InChI=1S/C12H22N2O3S/c1-2-7-18(16,17)9-12(15)14-6-5-10-3-4-11(8-14)13-10/h10-11,13H,2-9H2,1H3. The van der Waals surface area contributed by atoms with Gasteiger partial charge in [-0.2, -0.15) is 0 Å². The second-order valence-corrected chi connectivity index (χ2v) is 7.54. The normalized spacial score (nSPS) is 28.2. The van der Waals surface area contributed by atoms with E-state index >= 15 is 0 Å². The molecule has 0 aromatic rings. The van der Waals surface area contributed by atoms with Gasteiger partial charge >= 0.3 is 0 Å². The Bertz CT molecular complexity index is 408. The van der Waals surface area contributed by atoms with E-state index in [-0.39, 0.29) is 17.4 Å². The van der Waals surface area contributed by atoms with Crippen LogP contribution in [0.2, 0.25) is 0 Å². The maximum Gasteiger partial charge on any atom is 0.237 e. The first-order valence-electron chi connectivity index (χ1n) is 6.74. The van der Waals surface area contributed by atoms with Gasteiger partial charge in [-0.05, 0) is 25.7 Å². The van der Waals surface area contributed by atoms with E-state index in [9.17, 15) is 13.2 Å². The lowest BCUT2D eigenvalue weighted by molar-refractivity contribution is -0.128. The van der Waals surface area contributed by atoms with Crippen LogP contribution in [0.4, 0.5) is 0 Å². The third-order valence-electron chi connectivity index (χ3n) is 3.73. The molecule has 0 aliphatic carbocycles. The van der Waals surface area contributed by atoms with Crippen LogP contribution in [0, 0.1) is 0 Å². The quantitative estimate of drug-likeness (QED) is 0.793. The van der Waals surface area contributed by atoms with E-state index in [0.717, 1.165) is 12.8 Å². The van der Waals surface area contributed by atoms with Crippen molar-refractivity contribution >= 4 is 15.7 Å². The number of nitrogens with one attached hydrogen (secondary N) is 1. The molecule has 0 aromatic carbocycles. The zero-order chi connectivity index (χ0) is 13.2. The highest BCUT2D eigenvalue weighted by Gasteiger charge is 2.32. The number of carbonyl (C=O) groups is 1. The smallest absolute Gasteiger partial charge is 0.237 e. The third-order valence-corrected chi connectivity index (χ3v) is 5.45. The van der Waals surface area contributed by atoms with Crippen molar-refractivity contribution in [2.75, 3.05) is 24.6 Å². The fraction of sp³-hybridized carbons (Fsp3) is 0.917. The van der Waals surface area contributed by atoms with Crippen LogP contribution in [0.5, 0.6) is 0 Å². The predicted octanol–water partition coefficient (Wildman–Crippen LogP) is 0.164. The van der Waals surface area contributed by atoms with Gasteiger partial charge in [0.1, 0.15) is 5.75 Å². The molecule has 0 saturated carbocycles. The Labute approximate surface area is 109 Å². The van der Waals surface area contributed by atoms with Gasteiger partial charge in [-0.3, -0.25) is 4.79 Å². The summed E-state index contributed by atoms with van der Waals surface area (Å²) in [5.41, 5.74) is 0. The first kappa shape index (κ1) is 13.8. The molecule has 2 heterocycles. The SMILES string of the molecule is CCCS(=O)(=O)CC(=O)N1CCC2CCC(C1)N2. The van der Waals surface area contributed by atoms with Gasteiger partial charge in [0.2, 0.25) is 5.91 Å². The molecule has 5 nitrogen and oxygen atoms in total. The van der Waals surface area contributed by atoms with Gasteiger partial charge in [0.25, 0.3) is 0 Å². The average Bonchev–Trinajstić information content (AvgIpc) is 2.56. The van der Waals surface area contributed by atoms with Crippen LogP contribution >= 0.6 is 0 Å². The minimum atomic E-state index is -3.22. The highest BCUT2D eigenvalue weighted by molar-refractivity contribution is 7.92. The molecule has 18 heavy (non-hydrogen) atoms. The minimum Gasteiger partial charge on any atom is -0.340 e. The molecule has 6 heteroatoms. The van der Waals surface area contributed by atoms with Crippen LogP contribution in [0.25, 0.3) is 0 Å². The summed E-state index contributed by atoms with van der Waals surface area (Å²) in [4.78, 5) is 13.8. The second kappa shape index (κ2) is 5.57. The Morgan fingerprint density at radius 1 is 1.28 bits per heavy atom. The number of sulfone groups is 1. The van der Waals surface area contributed by atoms with Crippen LogP contribution in [0.3, 0.4) is 0 Å². The molecule has 2 rings (SSSR count). The van der Waals surface area contributed by atoms with Gasteiger partial charge in [0.05, 0.1) is 5.75 Å². The molecular weight excluding hydrogens is 252 g/mol. The first-order chi connectivity index (χ1) is 8.50. The highest BCUT2D eigenvalue weighted by Crippen LogP contribution is 2.20. The number of carbonyl (C=O) groups excluding carboxylic acids is 1. The summed E-state index contributed by atoms with van der Waals surface area (Å²) in [6.45, 7) is 3.17. The highest BCUT2D eigenvalue weighted by atomic mass is 32.2. The summed E-state index contributed by atoms with van der Waals surface area (Å²) in [6, 6.07) is 0.871. The molecule has 2 aliphatic heterocycles. The van der Waals surface area contributed by atoms with Crippen molar-refractivity contribution in [3.8, 4) is 0 Å². The summed E-state index contributed by atoms with van der Waals surface area (Å²) >= 11 is 0. The monoisotopic (exact) mass is 274 g/mol. The Balaban J connectivity index is 1.93. The minimum absolute atomic E-state index is 0.108. The summed E-state index contributed by atoms with van der Waals surface area (Å²) in [6.07, 6.45) is 3.79. The van der Waals surface area contributed by atoms with Gasteiger partial charge in [0.15, 0.2) is 9.84 Å². The second-order valence-electron chi connectivity index (χ2n) is 5.36. The van der Waals surface area contributed by atoms with E-state index in [4.69, 9.17) is 0 Å². The van der Waals surface area contributed by atoms with Gasteiger partial charge in [-0.1, -0.05) is 6.92 Å². The summed E-state index contributed by atoms with van der Waals surface area (Å²) in [5.74, 6) is -0.437. The van der Waals surface area contributed by atoms with Crippen molar-refractivity contribution in [3.05, 3.63) is 0 Å². The van der Waals surface area contributed by atoms with Gasteiger partial charge in [-0.25, -0.2) is 8.42 Å². The predicted molar refractivity (Wildman–Crippen MR) is 70.1 cm³/mol. The molecule has 2 aliphatic rings. The van der Waals surface area contributed by atoms with E-state index in [2.05, 4.69) is 5.32 Å². The average molecular weight is 274 g/mol. The Hall–Kier alpha value is -0.620. The molecule has 2 unspecified atom stereocenters. The van der Waals surface area contributed by atoms with E-state index in [1.807, 2.05) is 6.92 Å². The maximum atomic E-state index is 12.0. The molecule has 1 amide bonds. The molecule has 2 bridgehead atoms. The number of amides is 1. The molecule has 104 valence electrons. The van der Waals surface area contributed by atoms with Crippen LogP contribution in [0.15, 0.2) is 0 Å². The largest absolute Gasteiger partial charge is 0.340 e. The zero-order valence-corrected chi connectivity index (χ0v) is 11.7. The molecule has 0 radical (unpaired) electrons. The van der Waals surface area contributed by atoms with Gasteiger partial charge in [0, 0.05) is 25.2 Å².